The molecule has 1 amide bonds. The van der Waals surface area contributed by atoms with Crippen LogP contribution >= 0.6 is 0 Å². The molecule has 2 rings (SSSR count). The van der Waals surface area contributed by atoms with Crippen molar-refractivity contribution in [3.05, 3.63) is 23.7 Å². The highest BCUT2D eigenvalue weighted by atomic mass is 16.5. The number of piperazine rings is 1. The Labute approximate surface area is 131 Å². The Bertz CT molecular complexity index is 526. The number of hydrogen-bond donors (Lipinski definition) is 0. The third-order valence-electron chi connectivity index (χ3n) is 4.05. The fourth-order valence-corrected chi connectivity index (χ4v) is 2.71. The van der Waals surface area contributed by atoms with E-state index in [9.17, 15) is 9.59 Å². The minimum atomic E-state index is -0.200. The van der Waals surface area contributed by atoms with Gasteiger partial charge in [-0.3, -0.25) is 14.5 Å². The maximum absolute atomic E-state index is 12.5. The third-order valence-corrected chi connectivity index (χ3v) is 4.05. The van der Waals surface area contributed by atoms with Gasteiger partial charge in [0, 0.05) is 38.6 Å². The van der Waals surface area contributed by atoms with Crippen LogP contribution in [-0.4, -0.2) is 61.0 Å². The van der Waals surface area contributed by atoms with E-state index < -0.39 is 0 Å². The minimum absolute atomic E-state index is 0.0557. The van der Waals surface area contributed by atoms with Crippen LogP contribution in [-0.2, 0) is 16.0 Å². The smallest absolute Gasteiger partial charge is 0.306 e. The normalized spacial score (nSPS) is 19.2. The van der Waals surface area contributed by atoms with E-state index in [0.717, 1.165) is 25.3 Å². The second-order valence-corrected chi connectivity index (χ2v) is 5.59. The average molecular weight is 308 g/mol. The summed E-state index contributed by atoms with van der Waals surface area (Å²) < 4.78 is 10.2. The molecule has 2 heterocycles. The van der Waals surface area contributed by atoms with Crippen molar-refractivity contribution in [3.63, 3.8) is 0 Å². The molecular formula is C16H24N2O4. The third kappa shape index (κ3) is 3.88. The van der Waals surface area contributed by atoms with Gasteiger partial charge in [0.1, 0.15) is 5.76 Å². The number of furan rings is 1. The van der Waals surface area contributed by atoms with Crippen LogP contribution in [0, 0.1) is 0 Å². The summed E-state index contributed by atoms with van der Waals surface area (Å²) in [5.41, 5.74) is 0. The summed E-state index contributed by atoms with van der Waals surface area (Å²) in [6.07, 6.45) is 1.17. The number of carbonyl (C=O) groups is 2. The molecule has 1 atom stereocenters. The molecule has 0 spiro atoms. The van der Waals surface area contributed by atoms with Crippen molar-refractivity contribution in [1.29, 1.82) is 0 Å². The van der Waals surface area contributed by atoms with Gasteiger partial charge in [0.05, 0.1) is 13.5 Å². The summed E-state index contributed by atoms with van der Waals surface area (Å²) in [7, 11) is 1.40. The Morgan fingerprint density at radius 2 is 2.14 bits per heavy atom. The maximum atomic E-state index is 12.5. The van der Waals surface area contributed by atoms with Gasteiger partial charge in [0.2, 0.25) is 0 Å². The molecule has 0 aliphatic carbocycles. The lowest BCUT2D eigenvalue weighted by molar-refractivity contribution is -0.141. The van der Waals surface area contributed by atoms with E-state index >= 15 is 0 Å². The number of aryl methyl sites for hydroxylation is 1. The standard InChI is InChI=1S/C16H24N2O4/c1-4-13-5-6-14(22-13)16(20)18-10-9-17(11-12(18)2)8-7-15(19)21-3/h5-6,12H,4,7-11H2,1-3H3/t12-/m0/s1. The number of hydrogen-bond acceptors (Lipinski definition) is 5. The lowest BCUT2D eigenvalue weighted by atomic mass is 10.1. The SMILES string of the molecule is CCc1ccc(C(=O)N2CCN(CCC(=O)OC)C[C@@H]2C)o1. The van der Waals surface area contributed by atoms with Gasteiger partial charge >= 0.3 is 5.97 Å². The first-order valence-corrected chi connectivity index (χ1v) is 7.74. The summed E-state index contributed by atoms with van der Waals surface area (Å²) >= 11 is 0. The number of ether oxygens (including phenoxy) is 1. The van der Waals surface area contributed by atoms with Gasteiger partial charge in [-0.05, 0) is 19.1 Å². The van der Waals surface area contributed by atoms with Crippen LogP contribution in [0.25, 0.3) is 0 Å². The molecule has 0 saturated carbocycles. The highest BCUT2D eigenvalue weighted by Crippen LogP contribution is 2.16. The Kier molecular flexibility index (Phi) is 5.60. The Morgan fingerprint density at radius 1 is 1.36 bits per heavy atom. The molecule has 1 fully saturated rings. The summed E-state index contributed by atoms with van der Waals surface area (Å²) in [5, 5.41) is 0. The zero-order chi connectivity index (χ0) is 16.1. The number of rotatable bonds is 5. The second kappa shape index (κ2) is 7.45. The van der Waals surface area contributed by atoms with Crippen molar-refractivity contribution in [2.45, 2.75) is 32.7 Å². The molecule has 0 radical (unpaired) electrons. The molecule has 1 aromatic rings. The molecule has 6 heteroatoms. The van der Waals surface area contributed by atoms with Crippen LogP contribution in [0.15, 0.2) is 16.5 Å². The van der Waals surface area contributed by atoms with Crippen LogP contribution in [0.4, 0.5) is 0 Å². The van der Waals surface area contributed by atoms with E-state index in [0.29, 0.717) is 25.3 Å². The minimum Gasteiger partial charge on any atom is -0.469 e. The predicted octanol–water partition coefficient (Wildman–Crippen LogP) is 1.55. The number of carbonyl (C=O) groups excluding carboxylic acids is 2. The number of methoxy groups -OCH3 is 1. The van der Waals surface area contributed by atoms with Crippen LogP contribution in [0.1, 0.15) is 36.6 Å². The molecule has 1 saturated heterocycles. The van der Waals surface area contributed by atoms with Crippen molar-refractivity contribution in [2.24, 2.45) is 0 Å². The molecule has 1 aliphatic rings. The number of nitrogens with zero attached hydrogens (tertiary/aromatic N) is 2. The zero-order valence-corrected chi connectivity index (χ0v) is 13.5. The summed E-state index contributed by atoms with van der Waals surface area (Å²) in [5.74, 6) is 0.980. The van der Waals surface area contributed by atoms with Crippen molar-refractivity contribution < 1.29 is 18.7 Å². The topological polar surface area (TPSA) is 63.0 Å². The largest absolute Gasteiger partial charge is 0.469 e. The van der Waals surface area contributed by atoms with Crippen molar-refractivity contribution in [2.75, 3.05) is 33.3 Å². The molecular weight excluding hydrogens is 284 g/mol. The maximum Gasteiger partial charge on any atom is 0.306 e. The van der Waals surface area contributed by atoms with Crippen LogP contribution in [0.5, 0.6) is 0 Å². The second-order valence-electron chi connectivity index (χ2n) is 5.59. The van der Waals surface area contributed by atoms with Gasteiger partial charge in [-0.25, -0.2) is 0 Å². The fourth-order valence-electron chi connectivity index (χ4n) is 2.71. The van der Waals surface area contributed by atoms with Crippen molar-refractivity contribution in [3.8, 4) is 0 Å². The average Bonchev–Trinajstić information content (AvgIpc) is 3.01. The van der Waals surface area contributed by atoms with E-state index in [1.807, 2.05) is 24.8 Å². The predicted molar refractivity (Wildman–Crippen MR) is 81.7 cm³/mol. The van der Waals surface area contributed by atoms with Crippen LogP contribution in [0.2, 0.25) is 0 Å². The monoisotopic (exact) mass is 308 g/mol. The Morgan fingerprint density at radius 3 is 2.73 bits per heavy atom. The highest BCUT2D eigenvalue weighted by Gasteiger charge is 2.29. The van der Waals surface area contributed by atoms with Gasteiger partial charge in [0.25, 0.3) is 5.91 Å². The highest BCUT2D eigenvalue weighted by molar-refractivity contribution is 5.91. The zero-order valence-electron chi connectivity index (χ0n) is 13.5. The molecule has 1 aromatic heterocycles. The Hall–Kier alpha value is -1.82. The summed E-state index contributed by atoms with van der Waals surface area (Å²) in [6, 6.07) is 3.69. The fraction of sp³-hybridized carbons (Fsp3) is 0.625. The molecule has 0 N–H and O–H groups in total. The van der Waals surface area contributed by atoms with Crippen molar-refractivity contribution >= 4 is 11.9 Å². The van der Waals surface area contributed by atoms with Gasteiger partial charge in [-0.2, -0.15) is 0 Å². The summed E-state index contributed by atoms with van der Waals surface area (Å²) in [4.78, 5) is 27.7. The lowest BCUT2D eigenvalue weighted by Gasteiger charge is -2.39. The van der Waals surface area contributed by atoms with Gasteiger partial charge in [0.15, 0.2) is 5.76 Å². The van der Waals surface area contributed by atoms with E-state index in [1.165, 1.54) is 7.11 Å². The molecule has 6 nitrogen and oxygen atoms in total. The van der Waals surface area contributed by atoms with Crippen LogP contribution in [0.3, 0.4) is 0 Å². The van der Waals surface area contributed by atoms with Gasteiger partial charge < -0.3 is 14.1 Å². The lowest BCUT2D eigenvalue weighted by Crippen LogP contribution is -2.54. The molecule has 0 bridgehead atoms. The van der Waals surface area contributed by atoms with Crippen molar-refractivity contribution in [1.82, 2.24) is 9.80 Å². The molecule has 0 aromatic carbocycles. The van der Waals surface area contributed by atoms with Crippen LogP contribution < -0.4 is 0 Å². The van der Waals surface area contributed by atoms with Gasteiger partial charge in [-0.1, -0.05) is 6.92 Å². The summed E-state index contributed by atoms with van der Waals surface area (Å²) in [6.45, 7) is 6.84. The van der Waals surface area contributed by atoms with E-state index in [2.05, 4.69) is 9.64 Å². The first-order valence-electron chi connectivity index (χ1n) is 7.74. The first kappa shape index (κ1) is 16.5. The molecule has 122 valence electrons. The van der Waals surface area contributed by atoms with E-state index in [4.69, 9.17) is 4.42 Å². The van der Waals surface area contributed by atoms with Gasteiger partial charge in [-0.15, -0.1) is 0 Å². The quantitative estimate of drug-likeness (QED) is 0.772. The number of amides is 1. The molecule has 0 unspecified atom stereocenters. The first-order chi connectivity index (χ1) is 10.5. The molecule has 22 heavy (non-hydrogen) atoms. The molecule has 1 aliphatic heterocycles. The number of esters is 1. The Balaban J connectivity index is 1.90. The van der Waals surface area contributed by atoms with E-state index in [-0.39, 0.29) is 17.9 Å². The van der Waals surface area contributed by atoms with E-state index in [1.54, 1.807) is 6.07 Å².